The zero-order chi connectivity index (χ0) is 12.1. The molecule has 1 aliphatic heterocycles. The topological polar surface area (TPSA) is 60.5 Å². The van der Waals surface area contributed by atoms with Crippen LogP contribution < -0.4 is 5.32 Å². The number of hydrogen-bond acceptors (Lipinski definition) is 6. The molecule has 1 aromatic rings. The Labute approximate surface area is 104 Å². The van der Waals surface area contributed by atoms with Crippen molar-refractivity contribution in [2.75, 3.05) is 25.6 Å². The molecule has 6 heteroatoms. The van der Waals surface area contributed by atoms with E-state index in [4.69, 9.17) is 4.74 Å². The number of ether oxygens (including phenoxy) is 2. The summed E-state index contributed by atoms with van der Waals surface area (Å²) in [5.41, 5.74) is 0.751. The minimum Gasteiger partial charge on any atom is -0.469 e. The van der Waals surface area contributed by atoms with Crippen molar-refractivity contribution in [2.45, 2.75) is 25.3 Å². The Morgan fingerprint density at radius 2 is 2.65 bits per heavy atom. The first-order chi connectivity index (χ1) is 8.28. The molecule has 0 aromatic carbocycles. The molecule has 1 aromatic heterocycles. The average Bonchev–Trinajstić information content (AvgIpc) is 2.77. The Hall–Kier alpha value is -1.14. The molecule has 1 aliphatic rings. The smallest absolute Gasteiger partial charge is 0.311 e. The number of esters is 1. The van der Waals surface area contributed by atoms with Gasteiger partial charge in [0.1, 0.15) is 0 Å². The molecular weight excluding hydrogens is 240 g/mol. The molecule has 0 bridgehead atoms. The highest BCUT2D eigenvalue weighted by Gasteiger charge is 2.15. The predicted molar refractivity (Wildman–Crippen MR) is 65.3 cm³/mol. The number of carbonyl (C=O) groups is 1. The monoisotopic (exact) mass is 256 g/mol. The van der Waals surface area contributed by atoms with Gasteiger partial charge in [0.25, 0.3) is 0 Å². The molecule has 0 amide bonds. The van der Waals surface area contributed by atoms with Crippen LogP contribution in [0.4, 0.5) is 5.13 Å². The summed E-state index contributed by atoms with van der Waals surface area (Å²) in [5, 5.41) is 6.05. The van der Waals surface area contributed by atoms with Gasteiger partial charge in [-0.2, -0.15) is 0 Å². The van der Waals surface area contributed by atoms with E-state index in [1.165, 1.54) is 18.4 Å². The lowest BCUT2D eigenvalue weighted by Gasteiger charge is -2.22. The maximum absolute atomic E-state index is 11.1. The van der Waals surface area contributed by atoms with Gasteiger partial charge in [0.05, 0.1) is 31.9 Å². The lowest BCUT2D eigenvalue weighted by molar-refractivity contribution is -0.139. The molecule has 17 heavy (non-hydrogen) atoms. The summed E-state index contributed by atoms with van der Waals surface area (Å²) >= 11 is 1.51. The summed E-state index contributed by atoms with van der Waals surface area (Å²) in [5.74, 6) is -0.261. The van der Waals surface area contributed by atoms with Crippen LogP contribution in [0, 0.1) is 0 Å². The quantitative estimate of drug-likeness (QED) is 0.826. The summed E-state index contributed by atoms with van der Waals surface area (Å²) in [6.45, 7) is 1.58. The van der Waals surface area contributed by atoms with Crippen molar-refractivity contribution in [3.05, 3.63) is 11.1 Å². The zero-order valence-electron chi connectivity index (χ0n) is 9.77. The minimum atomic E-state index is -0.261. The van der Waals surface area contributed by atoms with Crippen LogP contribution in [0.2, 0.25) is 0 Å². The van der Waals surface area contributed by atoms with Crippen LogP contribution >= 0.6 is 11.3 Å². The van der Waals surface area contributed by atoms with Crippen LogP contribution in [0.15, 0.2) is 5.38 Å². The lowest BCUT2D eigenvalue weighted by atomic mass is 10.1. The molecule has 5 nitrogen and oxygen atoms in total. The van der Waals surface area contributed by atoms with Gasteiger partial charge in [0.2, 0.25) is 0 Å². The van der Waals surface area contributed by atoms with E-state index < -0.39 is 0 Å². The van der Waals surface area contributed by atoms with Crippen molar-refractivity contribution in [3.8, 4) is 0 Å². The van der Waals surface area contributed by atoms with Crippen molar-refractivity contribution in [3.63, 3.8) is 0 Å². The SMILES string of the molecule is COC(=O)Cc1csc(NC2CCCOC2)n1. The Morgan fingerprint density at radius 3 is 3.35 bits per heavy atom. The fourth-order valence-corrected chi connectivity index (χ4v) is 2.49. The second-order valence-electron chi connectivity index (χ2n) is 3.96. The third kappa shape index (κ3) is 3.67. The van der Waals surface area contributed by atoms with E-state index in [0.29, 0.717) is 6.04 Å². The summed E-state index contributed by atoms with van der Waals surface area (Å²) in [7, 11) is 1.38. The predicted octanol–water partition coefficient (Wildman–Crippen LogP) is 1.45. The molecule has 1 unspecified atom stereocenters. The first-order valence-electron chi connectivity index (χ1n) is 5.63. The Bertz CT molecular complexity index is 375. The van der Waals surface area contributed by atoms with Crippen molar-refractivity contribution in [2.24, 2.45) is 0 Å². The molecule has 1 saturated heterocycles. The fraction of sp³-hybridized carbons (Fsp3) is 0.636. The van der Waals surface area contributed by atoms with Crippen LogP contribution in [-0.2, 0) is 20.7 Å². The van der Waals surface area contributed by atoms with Gasteiger partial charge in [-0.1, -0.05) is 0 Å². The molecule has 94 valence electrons. The highest BCUT2D eigenvalue weighted by molar-refractivity contribution is 7.13. The molecule has 1 fully saturated rings. The Morgan fingerprint density at radius 1 is 1.76 bits per heavy atom. The standard InChI is InChI=1S/C11H16N2O3S/c1-15-10(14)5-9-7-17-11(13-9)12-8-3-2-4-16-6-8/h7-8H,2-6H2,1H3,(H,12,13). The van der Waals surface area contributed by atoms with Gasteiger partial charge in [0.15, 0.2) is 5.13 Å². The van der Waals surface area contributed by atoms with Crippen LogP contribution in [0.25, 0.3) is 0 Å². The highest BCUT2D eigenvalue weighted by Crippen LogP contribution is 2.19. The van der Waals surface area contributed by atoms with Gasteiger partial charge in [-0.25, -0.2) is 4.98 Å². The van der Waals surface area contributed by atoms with Crippen LogP contribution in [0.1, 0.15) is 18.5 Å². The summed E-state index contributed by atoms with van der Waals surface area (Å²) < 4.78 is 9.98. The van der Waals surface area contributed by atoms with Crippen molar-refractivity contribution >= 4 is 22.4 Å². The second kappa shape index (κ2) is 5.97. The number of anilines is 1. The molecule has 0 aliphatic carbocycles. The van der Waals surface area contributed by atoms with E-state index in [1.807, 2.05) is 5.38 Å². The highest BCUT2D eigenvalue weighted by atomic mass is 32.1. The summed E-state index contributed by atoms with van der Waals surface area (Å²) in [6, 6.07) is 0.334. The third-order valence-electron chi connectivity index (χ3n) is 2.59. The van der Waals surface area contributed by atoms with Gasteiger partial charge in [-0.05, 0) is 12.8 Å². The van der Waals surface area contributed by atoms with Crippen molar-refractivity contribution in [1.29, 1.82) is 0 Å². The summed E-state index contributed by atoms with van der Waals surface area (Å²) in [6.07, 6.45) is 2.42. The van der Waals surface area contributed by atoms with Gasteiger partial charge in [-0.3, -0.25) is 4.79 Å². The second-order valence-corrected chi connectivity index (χ2v) is 4.81. The normalized spacial score (nSPS) is 19.9. The summed E-state index contributed by atoms with van der Waals surface area (Å²) in [4.78, 5) is 15.4. The lowest BCUT2D eigenvalue weighted by Crippen LogP contribution is -2.29. The van der Waals surface area contributed by atoms with E-state index in [0.717, 1.165) is 36.9 Å². The average molecular weight is 256 g/mol. The largest absolute Gasteiger partial charge is 0.469 e. The van der Waals surface area contributed by atoms with Crippen LogP contribution in [0.5, 0.6) is 0 Å². The molecule has 0 radical (unpaired) electrons. The molecule has 2 heterocycles. The Kier molecular flexibility index (Phi) is 4.33. The van der Waals surface area contributed by atoms with E-state index in [2.05, 4.69) is 15.0 Å². The molecular formula is C11H16N2O3S. The van der Waals surface area contributed by atoms with Crippen LogP contribution in [0.3, 0.4) is 0 Å². The van der Waals surface area contributed by atoms with E-state index in [-0.39, 0.29) is 12.4 Å². The molecule has 1 N–H and O–H groups in total. The molecule has 1 atom stereocenters. The van der Waals surface area contributed by atoms with Crippen molar-refractivity contribution < 1.29 is 14.3 Å². The number of methoxy groups -OCH3 is 1. The number of thiazole rings is 1. The van der Waals surface area contributed by atoms with E-state index >= 15 is 0 Å². The van der Waals surface area contributed by atoms with Gasteiger partial charge in [-0.15, -0.1) is 11.3 Å². The van der Waals surface area contributed by atoms with E-state index in [1.54, 1.807) is 0 Å². The number of nitrogens with zero attached hydrogens (tertiary/aromatic N) is 1. The number of aromatic nitrogens is 1. The number of rotatable bonds is 4. The maximum Gasteiger partial charge on any atom is 0.311 e. The molecule has 2 rings (SSSR count). The van der Waals surface area contributed by atoms with Crippen LogP contribution in [-0.4, -0.2) is 37.3 Å². The van der Waals surface area contributed by atoms with Gasteiger partial charge in [0, 0.05) is 12.0 Å². The first kappa shape index (κ1) is 12.3. The fourth-order valence-electron chi connectivity index (χ4n) is 1.70. The van der Waals surface area contributed by atoms with Gasteiger partial charge < -0.3 is 14.8 Å². The first-order valence-corrected chi connectivity index (χ1v) is 6.51. The number of hydrogen-bond donors (Lipinski definition) is 1. The molecule has 0 spiro atoms. The maximum atomic E-state index is 11.1. The molecule has 0 saturated carbocycles. The number of carbonyl (C=O) groups excluding carboxylic acids is 1. The zero-order valence-corrected chi connectivity index (χ0v) is 10.6. The third-order valence-corrected chi connectivity index (χ3v) is 3.42. The Balaban J connectivity index is 1.86. The van der Waals surface area contributed by atoms with E-state index in [9.17, 15) is 4.79 Å². The number of nitrogens with one attached hydrogen (secondary N) is 1. The van der Waals surface area contributed by atoms with Gasteiger partial charge >= 0.3 is 5.97 Å². The van der Waals surface area contributed by atoms with Crippen molar-refractivity contribution in [1.82, 2.24) is 4.98 Å². The minimum absolute atomic E-state index is 0.232.